The van der Waals surface area contributed by atoms with E-state index in [4.69, 9.17) is 17.0 Å². The number of halogens is 1. The fourth-order valence-electron chi connectivity index (χ4n) is 2.09. The van der Waals surface area contributed by atoms with Gasteiger partial charge in [-0.05, 0) is 34.3 Å². The van der Waals surface area contributed by atoms with Crippen LogP contribution < -0.4 is 4.74 Å². The van der Waals surface area contributed by atoms with Crippen LogP contribution in [-0.4, -0.2) is 22.1 Å². The van der Waals surface area contributed by atoms with Crippen molar-refractivity contribution in [3.8, 4) is 5.88 Å². The van der Waals surface area contributed by atoms with Crippen LogP contribution in [0.25, 0.3) is 0 Å². The molecule has 20 heavy (non-hydrogen) atoms. The molecule has 1 aliphatic rings. The minimum Gasteiger partial charge on any atom is -0.481 e. The third-order valence-corrected chi connectivity index (χ3v) is 4.66. The lowest BCUT2D eigenvalue weighted by Crippen LogP contribution is -2.02. The van der Waals surface area contributed by atoms with Crippen molar-refractivity contribution in [3.05, 3.63) is 44.5 Å². The lowest BCUT2D eigenvalue weighted by molar-refractivity contribution is 0.397. The summed E-state index contributed by atoms with van der Waals surface area (Å²) in [4.78, 5) is 12.0. The van der Waals surface area contributed by atoms with Crippen molar-refractivity contribution >= 4 is 28.1 Å². The number of aromatic nitrogens is 3. The molecular formula is C14H14BrN3OS. The number of nitrogens with zero attached hydrogens (tertiary/aromatic N) is 2. The van der Waals surface area contributed by atoms with E-state index in [-0.39, 0.29) is 0 Å². The molecule has 0 saturated heterocycles. The molecule has 4 nitrogen and oxygen atoms in total. The molecule has 0 radical (unpaired) electrons. The Kier molecular flexibility index (Phi) is 3.85. The van der Waals surface area contributed by atoms with Gasteiger partial charge in [-0.3, -0.25) is 0 Å². The monoisotopic (exact) mass is 351 g/mol. The highest BCUT2D eigenvalue weighted by atomic mass is 79.9. The summed E-state index contributed by atoms with van der Waals surface area (Å²) < 4.78 is 6.62. The zero-order chi connectivity index (χ0) is 14.1. The number of nitrogens with one attached hydrogen (secondary N) is 1. The number of hydrogen-bond acceptors (Lipinski definition) is 4. The van der Waals surface area contributed by atoms with E-state index in [1.165, 1.54) is 18.5 Å². The smallest absolute Gasteiger partial charge is 0.212 e. The molecule has 6 heteroatoms. The van der Waals surface area contributed by atoms with Crippen LogP contribution in [0.1, 0.15) is 35.8 Å². The first kappa shape index (κ1) is 13.7. The van der Waals surface area contributed by atoms with E-state index in [9.17, 15) is 0 Å². The summed E-state index contributed by atoms with van der Waals surface area (Å²) >= 11 is 8.85. The summed E-state index contributed by atoms with van der Waals surface area (Å²) in [5.74, 6) is 2.10. The highest BCUT2D eigenvalue weighted by Gasteiger charge is 2.27. The number of pyridine rings is 1. The first-order valence-electron chi connectivity index (χ1n) is 6.45. The largest absolute Gasteiger partial charge is 0.481 e. The van der Waals surface area contributed by atoms with E-state index >= 15 is 0 Å². The van der Waals surface area contributed by atoms with Crippen LogP contribution in [0.15, 0.2) is 22.8 Å². The molecule has 2 aromatic heterocycles. The number of methoxy groups -OCH3 is 1. The number of hydrogen-bond donors (Lipinski definition) is 1. The summed E-state index contributed by atoms with van der Waals surface area (Å²) in [5, 5.41) is 0. The topological polar surface area (TPSA) is 50.8 Å². The fraction of sp³-hybridized carbons (Fsp3) is 0.357. The zero-order valence-electron chi connectivity index (χ0n) is 11.0. The van der Waals surface area contributed by atoms with Crippen molar-refractivity contribution in [3.63, 3.8) is 0 Å². The van der Waals surface area contributed by atoms with Crippen LogP contribution >= 0.6 is 28.1 Å². The van der Waals surface area contributed by atoms with Gasteiger partial charge in [-0.25, -0.2) is 9.97 Å². The summed E-state index contributed by atoms with van der Waals surface area (Å²) in [6.45, 7) is 0. The van der Waals surface area contributed by atoms with Crippen molar-refractivity contribution in [2.75, 3.05) is 7.11 Å². The van der Waals surface area contributed by atoms with Gasteiger partial charge in [0.15, 0.2) is 0 Å². The van der Waals surface area contributed by atoms with Gasteiger partial charge in [-0.15, -0.1) is 0 Å². The molecule has 104 valence electrons. The van der Waals surface area contributed by atoms with E-state index in [1.807, 2.05) is 12.1 Å². The quantitative estimate of drug-likeness (QED) is 0.851. The van der Waals surface area contributed by atoms with E-state index in [2.05, 4.69) is 30.9 Å². The summed E-state index contributed by atoms with van der Waals surface area (Å²) in [7, 11) is 1.61. The van der Waals surface area contributed by atoms with Crippen molar-refractivity contribution in [2.24, 2.45) is 0 Å². The summed E-state index contributed by atoms with van der Waals surface area (Å²) in [6, 6.07) is 3.84. The van der Waals surface area contributed by atoms with E-state index in [0.717, 1.165) is 15.9 Å². The number of ether oxygens (including phenoxy) is 1. The molecule has 2 aromatic rings. The average molecular weight is 352 g/mol. The Labute approximate surface area is 130 Å². The molecule has 0 bridgehead atoms. The highest BCUT2D eigenvalue weighted by Crippen LogP contribution is 2.42. The van der Waals surface area contributed by atoms with Crippen molar-refractivity contribution in [1.29, 1.82) is 0 Å². The van der Waals surface area contributed by atoms with Crippen LogP contribution in [0, 0.1) is 4.64 Å². The number of rotatable bonds is 4. The molecule has 0 spiro atoms. The van der Waals surface area contributed by atoms with Gasteiger partial charge in [-0.2, -0.15) is 0 Å². The highest BCUT2D eigenvalue weighted by molar-refractivity contribution is 9.10. The summed E-state index contributed by atoms with van der Waals surface area (Å²) in [5.41, 5.74) is 2.26. The Bertz CT molecular complexity index is 680. The Morgan fingerprint density at radius 2 is 2.25 bits per heavy atom. The number of aromatic amines is 1. The van der Waals surface area contributed by atoms with Crippen LogP contribution in [-0.2, 0) is 6.42 Å². The second kappa shape index (κ2) is 5.61. The molecule has 0 aliphatic heterocycles. The standard InChI is InChI=1S/C14H14BrN3OS/c1-19-11-5-2-8(7-16-11)6-10-17-13(9-3-4-9)12(15)14(20)18-10/h2,5,7,9H,3-4,6H2,1H3,(H,17,18,20). The fourth-order valence-corrected chi connectivity index (χ4v) is 2.82. The van der Waals surface area contributed by atoms with Gasteiger partial charge in [0.1, 0.15) is 10.5 Å². The van der Waals surface area contributed by atoms with Crippen LogP contribution in [0.4, 0.5) is 0 Å². The number of H-pyrrole nitrogens is 1. The Morgan fingerprint density at radius 1 is 1.45 bits per heavy atom. The molecule has 1 aliphatic carbocycles. The van der Waals surface area contributed by atoms with Crippen molar-refractivity contribution in [2.45, 2.75) is 25.2 Å². The second-order valence-electron chi connectivity index (χ2n) is 4.88. The first-order valence-corrected chi connectivity index (χ1v) is 7.65. The molecule has 0 atom stereocenters. The maximum Gasteiger partial charge on any atom is 0.212 e. The second-order valence-corrected chi connectivity index (χ2v) is 6.06. The Hall–Kier alpha value is -1.27. The zero-order valence-corrected chi connectivity index (χ0v) is 13.4. The predicted octanol–water partition coefficient (Wildman–Crippen LogP) is 3.77. The molecule has 3 rings (SSSR count). The van der Waals surface area contributed by atoms with Crippen LogP contribution in [0.3, 0.4) is 0 Å². The summed E-state index contributed by atoms with van der Waals surface area (Å²) in [6.07, 6.45) is 4.93. The molecule has 0 unspecified atom stereocenters. The van der Waals surface area contributed by atoms with Crippen molar-refractivity contribution in [1.82, 2.24) is 15.0 Å². The minimum absolute atomic E-state index is 0.599. The molecule has 0 aromatic carbocycles. The van der Waals surface area contributed by atoms with Gasteiger partial charge >= 0.3 is 0 Å². The first-order chi connectivity index (χ1) is 9.67. The van der Waals surface area contributed by atoms with E-state index < -0.39 is 0 Å². The minimum atomic E-state index is 0.599. The molecule has 1 fully saturated rings. The molecule has 0 amide bonds. The Morgan fingerprint density at radius 3 is 2.85 bits per heavy atom. The van der Waals surface area contributed by atoms with Gasteiger partial charge in [0.25, 0.3) is 0 Å². The third-order valence-electron chi connectivity index (χ3n) is 3.30. The van der Waals surface area contributed by atoms with Gasteiger partial charge in [0, 0.05) is 30.3 Å². The van der Waals surface area contributed by atoms with Gasteiger partial charge in [0.05, 0.1) is 11.6 Å². The molecule has 1 N–H and O–H groups in total. The molecular weight excluding hydrogens is 338 g/mol. The molecule has 1 saturated carbocycles. The lowest BCUT2D eigenvalue weighted by Gasteiger charge is -2.08. The van der Waals surface area contributed by atoms with Gasteiger partial charge in [0.2, 0.25) is 5.88 Å². The van der Waals surface area contributed by atoms with Gasteiger partial charge < -0.3 is 9.72 Å². The van der Waals surface area contributed by atoms with E-state index in [1.54, 1.807) is 13.3 Å². The molecule has 2 heterocycles. The van der Waals surface area contributed by atoms with Gasteiger partial charge in [-0.1, -0.05) is 18.3 Å². The average Bonchev–Trinajstić information content (AvgIpc) is 3.28. The van der Waals surface area contributed by atoms with Crippen LogP contribution in [0.2, 0.25) is 0 Å². The predicted molar refractivity (Wildman–Crippen MR) is 82.7 cm³/mol. The van der Waals surface area contributed by atoms with Crippen LogP contribution in [0.5, 0.6) is 5.88 Å². The van der Waals surface area contributed by atoms with Crippen molar-refractivity contribution < 1.29 is 4.74 Å². The van der Waals surface area contributed by atoms with E-state index in [0.29, 0.717) is 22.9 Å². The maximum absolute atomic E-state index is 5.32. The maximum atomic E-state index is 5.32. The third kappa shape index (κ3) is 2.91. The lowest BCUT2D eigenvalue weighted by atomic mass is 10.2. The SMILES string of the molecule is COc1ccc(Cc2nc(=S)c(Br)c(C3CC3)[nH]2)cn1. The normalized spacial score (nSPS) is 14.3. The Balaban J connectivity index is 1.88.